The summed E-state index contributed by atoms with van der Waals surface area (Å²) in [6.07, 6.45) is 0.421. The molecule has 15 heavy (non-hydrogen) atoms. The van der Waals surface area contributed by atoms with Gasteiger partial charge in [0.05, 0.1) is 6.42 Å². The lowest BCUT2D eigenvalue weighted by molar-refractivity contribution is -0.136. The van der Waals surface area contributed by atoms with Gasteiger partial charge >= 0.3 is 5.97 Å². The van der Waals surface area contributed by atoms with Gasteiger partial charge in [-0.25, -0.2) is 0 Å². The van der Waals surface area contributed by atoms with E-state index in [0.717, 1.165) is 11.1 Å². The predicted molar refractivity (Wildman–Crippen MR) is 58.9 cm³/mol. The Hall–Kier alpha value is -1.51. The number of anilines is 1. The van der Waals surface area contributed by atoms with Crippen LogP contribution in [0.2, 0.25) is 0 Å². The summed E-state index contributed by atoms with van der Waals surface area (Å²) in [5.41, 5.74) is 8.38. The van der Waals surface area contributed by atoms with E-state index >= 15 is 0 Å². The minimum atomic E-state index is -0.183. The molecule has 0 radical (unpaired) electrons. The van der Waals surface area contributed by atoms with Crippen molar-refractivity contribution >= 4 is 11.7 Å². The van der Waals surface area contributed by atoms with Crippen molar-refractivity contribution < 1.29 is 9.53 Å². The van der Waals surface area contributed by atoms with Gasteiger partial charge in [-0.3, -0.25) is 4.79 Å². The first-order valence-electron chi connectivity index (χ1n) is 5.01. The van der Waals surface area contributed by atoms with Crippen LogP contribution in [-0.4, -0.2) is 5.97 Å². The van der Waals surface area contributed by atoms with Gasteiger partial charge in [0.2, 0.25) is 0 Å². The molecule has 1 aliphatic heterocycles. The van der Waals surface area contributed by atoms with Crippen molar-refractivity contribution in [3.63, 3.8) is 0 Å². The van der Waals surface area contributed by atoms with Gasteiger partial charge < -0.3 is 10.5 Å². The molecule has 80 valence electrons. The van der Waals surface area contributed by atoms with E-state index in [1.807, 2.05) is 13.0 Å². The van der Waals surface area contributed by atoms with E-state index in [-0.39, 0.29) is 11.4 Å². The van der Waals surface area contributed by atoms with Crippen LogP contribution in [0.3, 0.4) is 0 Å². The summed E-state index contributed by atoms with van der Waals surface area (Å²) in [4.78, 5) is 11.4. The van der Waals surface area contributed by atoms with Gasteiger partial charge in [0.1, 0.15) is 5.75 Å². The first-order chi connectivity index (χ1) is 6.90. The zero-order valence-corrected chi connectivity index (χ0v) is 9.26. The lowest BCUT2D eigenvalue weighted by Gasteiger charge is -2.32. The minimum Gasteiger partial charge on any atom is -0.426 e. The zero-order valence-electron chi connectivity index (χ0n) is 9.26. The summed E-state index contributed by atoms with van der Waals surface area (Å²) < 4.78 is 5.21. The van der Waals surface area contributed by atoms with E-state index in [0.29, 0.717) is 17.9 Å². The number of rotatable bonds is 0. The minimum absolute atomic E-state index is 0.164. The highest BCUT2D eigenvalue weighted by atomic mass is 16.5. The fraction of sp³-hybridized carbons (Fsp3) is 0.417. The van der Waals surface area contributed by atoms with Crippen LogP contribution in [-0.2, 0) is 10.2 Å². The molecule has 1 aromatic rings. The Morgan fingerprint density at radius 2 is 2.07 bits per heavy atom. The molecular formula is C12H15NO2. The van der Waals surface area contributed by atoms with Crippen molar-refractivity contribution in [1.82, 2.24) is 0 Å². The number of aryl methyl sites for hydroxylation is 1. The molecule has 0 atom stereocenters. The van der Waals surface area contributed by atoms with Crippen LogP contribution in [0, 0.1) is 6.92 Å². The molecule has 0 fully saturated rings. The van der Waals surface area contributed by atoms with Gasteiger partial charge in [-0.05, 0) is 18.6 Å². The summed E-state index contributed by atoms with van der Waals surface area (Å²) in [6, 6.07) is 3.64. The largest absolute Gasteiger partial charge is 0.426 e. The molecule has 1 aliphatic rings. The van der Waals surface area contributed by atoms with Crippen molar-refractivity contribution in [3.8, 4) is 5.75 Å². The van der Waals surface area contributed by atoms with E-state index in [1.54, 1.807) is 6.07 Å². The predicted octanol–water partition coefficient (Wildman–Crippen LogP) is 2.16. The molecule has 1 heterocycles. The van der Waals surface area contributed by atoms with Gasteiger partial charge in [-0.1, -0.05) is 13.8 Å². The first kappa shape index (κ1) is 10.0. The third-order valence-corrected chi connectivity index (χ3v) is 2.81. The second-order valence-electron chi connectivity index (χ2n) is 4.75. The highest BCUT2D eigenvalue weighted by molar-refractivity contribution is 5.78. The molecule has 2 rings (SSSR count). The molecule has 3 nitrogen and oxygen atoms in total. The van der Waals surface area contributed by atoms with E-state index in [4.69, 9.17) is 10.5 Å². The van der Waals surface area contributed by atoms with Crippen LogP contribution >= 0.6 is 0 Å². The molecule has 3 heteroatoms. The molecule has 0 unspecified atom stereocenters. The lowest BCUT2D eigenvalue weighted by atomic mass is 9.77. The zero-order chi connectivity index (χ0) is 11.2. The quantitative estimate of drug-likeness (QED) is 0.401. The van der Waals surface area contributed by atoms with Gasteiger partial charge in [0.25, 0.3) is 0 Å². The second-order valence-corrected chi connectivity index (χ2v) is 4.75. The number of nitrogen functional groups attached to an aromatic ring is 1. The van der Waals surface area contributed by atoms with E-state index in [2.05, 4.69) is 13.8 Å². The number of benzene rings is 1. The maximum absolute atomic E-state index is 11.4. The van der Waals surface area contributed by atoms with E-state index < -0.39 is 0 Å². The van der Waals surface area contributed by atoms with Crippen molar-refractivity contribution in [2.45, 2.75) is 32.6 Å². The van der Waals surface area contributed by atoms with Crippen LogP contribution in [0.1, 0.15) is 31.4 Å². The monoisotopic (exact) mass is 205 g/mol. The molecule has 0 saturated carbocycles. The van der Waals surface area contributed by atoms with Crippen LogP contribution in [0.25, 0.3) is 0 Å². The first-order valence-corrected chi connectivity index (χ1v) is 5.01. The Morgan fingerprint density at radius 1 is 1.40 bits per heavy atom. The van der Waals surface area contributed by atoms with Gasteiger partial charge in [-0.2, -0.15) is 0 Å². The SMILES string of the molecule is Cc1cc(N)cc2c1C(C)(C)CC(=O)O2. The van der Waals surface area contributed by atoms with Crippen LogP contribution < -0.4 is 10.5 Å². The number of ether oxygens (including phenoxy) is 1. The third kappa shape index (κ3) is 1.58. The number of carbonyl (C=O) groups is 1. The second kappa shape index (κ2) is 2.99. The van der Waals surface area contributed by atoms with Crippen LogP contribution in [0.5, 0.6) is 5.75 Å². The highest BCUT2D eigenvalue weighted by Crippen LogP contribution is 2.41. The summed E-state index contributed by atoms with van der Waals surface area (Å²) >= 11 is 0. The summed E-state index contributed by atoms with van der Waals surface area (Å²) in [6.45, 7) is 6.10. The number of esters is 1. The van der Waals surface area contributed by atoms with Gasteiger partial charge in [0, 0.05) is 22.7 Å². The number of carbonyl (C=O) groups excluding carboxylic acids is 1. The molecule has 0 aliphatic carbocycles. The Bertz CT molecular complexity index is 435. The molecule has 0 aromatic heterocycles. The molecule has 0 spiro atoms. The fourth-order valence-corrected chi connectivity index (χ4v) is 2.34. The van der Waals surface area contributed by atoms with E-state index in [1.165, 1.54) is 0 Å². The molecular weight excluding hydrogens is 190 g/mol. The Kier molecular flexibility index (Phi) is 2.00. The number of hydrogen-bond acceptors (Lipinski definition) is 3. The topological polar surface area (TPSA) is 52.3 Å². The van der Waals surface area contributed by atoms with Gasteiger partial charge in [-0.15, -0.1) is 0 Å². The number of fused-ring (bicyclic) bond motifs is 1. The Morgan fingerprint density at radius 3 is 2.73 bits per heavy atom. The average Bonchev–Trinajstić information content (AvgIpc) is 1.97. The maximum Gasteiger partial charge on any atom is 0.312 e. The average molecular weight is 205 g/mol. The Labute approximate surface area is 89.2 Å². The smallest absolute Gasteiger partial charge is 0.312 e. The molecule has 0 amide bonds. The molecule has 1 aromatic carbocycles. The highest BCUT2D eigenvalue weighted by Gasteiger charge is 2.35. The fourth-order valence-electron chi connectivity index (χ4n) is 2.34. The normalized spacial score (nSPS) is 18.2. The molecule has 0 saturated heterocycles. The maximum atomic E-state index is 11.4. The number of nitrogens with two attached hydrogens (primary N) is 1. The molecule has 0 bridgehead atoms. The van der Waals surface area contributed by atoms with Crippen molar-refractivity contribution in [1.29, 1.82) is 0 Å². The third-order valence-electron chi connectivity index (χ3n) is 2.81. The van der Waals surface area contributed by atoms with Crippen LogP contribution in [0.4, 0.5) is 5.69 Å². The van der Waals surface area contributed by atoms with Crippen molar-refractivity contribution in [3.05, 3.63) is 23.3 Å². The van der Waals surface area contributed by atoms with Crippen molar-refractivity contribution in [2.24, 2.45) is 0 Å². The van der Waals surface area contributed by atoms with Crippen LogP contribution in [0.15, 0.2) is 12.1 Å². The lowest BCUT2D eigenvalue weighted by Crippen LogP contribution is -2.31. The van der Waals surface area contributed by atoms with Gasteiger partial charge in [0.15, 0.2) is 0 Å². The molecule has 2 N–H and O–H groups in total. The Balaban J connectivity index is 2.67. The summed E-state index contributed by atoms with van der Waals surface area (Å²) in [7, 11) is 0. The standard InChI is InChI=1S/C12H15NO2/c1-7-4-8(13)5-9-11(7)12(2,3)6-10(14)15-9/h4-5H,6,13H2,1-3H3. The van der Waals surface area contributed by atoms with Crippen molar-refractivity contribution in [2.75, 3.05) is 5.73 Å². The van der Waals surface area contributed by atoms with E-state index in [9.17, 15) is 4.79 Å². The summed E-state index contributed by atoms with van der Waals surface area (Å²) in [5.74, 6) is 0.436. The number of hydrogen-bond donors (Lipinski definition) is 1. The summed E-state index contributed by atoms with van der Waals surface area (Å²) in [5, 5.41) is 0.